The van der Waals surface area contributed by atoms with Crippen LogP contribution in [-0.2, 0) is 9.53 Å². The fraction of sp³-hybridized carbons (Fsp3) is 0.800. The summed E-state index contributed by atoms with van der Waals surface area (Å²) < 4.78 is 5.23. The first-order valence-corrected chi connectivity index (χ1v) is 7.48. The van der Waals surface area contributed by atoms with E-state index in [1.54, 1.807) is 13.8 Å². The van der Waals surface area contributed by atoms with Gasteiger partial charge >= 0.3 is 5.97 Å². The van der Waals surface area contributed by atoms with E-state index in [0.717, 1.165) is 6.54 Å². The van der Waals surface area contributed by atoms with Crippen LogP contribution in [-0.4, -0.2) is 63.2 Å². The Morgan fingerprint density at radius 1 is 1.48 bits per heavy atom. The molecular weight excluding hydrogens is 274 g/mol. The van der Waals surface area contributed by atoms with E-state index in [4.69, 9.17) is 4.74 Å². The number of hydrogen-bond donors (Lipinski definition) is 3. The van der Waals surface area contributed by atoms with Crippen molar-refractivity contribution >= 4 is 5.97 Å². The number of fused-ring (bicyclic) bond motifs is 1. The van der Waals surface area contributed by atoms with Gasteiger partial charge in [-0.1, -0.05) is 19.9 Å². The lowest BCUT2D eigenvalue weighted by molar-refractivity contribution is -0.186. The van der Waals surface area contributed by atoms with Gasteiger partial charge in [-0.25, -0.2) is 4.79 Å². The SMILES string of the molecule is CC(C)[C@](O)(C(=O)OCC1C=CN2CC[C@@H](O)[C@@H]12)[C@@H](C)O. The Morgan fingerprint density at radius 2 is 2.14 bits per heavy atom. The van der Waals surface area contributed by atoms with E-state index in [-0.39, 0.29) is 18.6 Å². The summed E-state index contributed by atoms with van der Waals surface area (Å²) in [6.07, 6.45) is 2.91. The molecule has 2 heterocycles. The molecule has 2 aliphatic rings. The van der Waals surface area contributed by atoms with E-state index in [1.807, 2.05) is 17.2 Å². The molecule has 5 atom stereocenters. The Balaban J connectivity index is 1.97. The third-order valence-electron chi connectivity index (χ3n) is 4.67. The monoisotopic (exact) mass is 299 g/mol. The maximum atomic E-state index is 12.1. The normalized spacial score (nSPS) is 32.1. The Labute approximate surface area is 125 Å². The Morgan fingerprint density at radius 3 is 2.71 bits per heavy atom. The minimum absolute atomic E-state index is 0.0588. The number of ether oxygens (including phenoxy) is 1. The molecule has 0 spiro atoms. The molecule has 3 N–H and O–H groups in total. The van der Waals surface area contributed by atoms with Gasteiger partial charge in [0.1, 0.15) is 0 Å². The highest BCUT2D eigenvalue weighted by Gasteiger charge is 2.47. The number of rotatable bonds is 5. The predicted molar refractivity (Wildman–Crippen MR) is 76.2 cm³/mol. The van der Waals surface area contributed by atoms with Gasteiger partial charge in [-0.3, -0.25) is 0 Å². The summed E-state index contributed by atoms with van der Waals surface area (Å²) in [6, 6.07) is -0.0588. The fourth-order valence-corrected chi connectivity index (χ4v) is 3.19. The first-order chi connectivity index (χ1) is 9.78. The molecule has 0 aromatic carbocycles. The van der Waals surface area contributed by atoms with Crippen LogP contribution in [0.3, 0.4) is 0 Å². The average molecular weight is 299 g/mol. The van der Waals surface area contributed by atoms with Crippen LogP contribution in [0.1, 0.15) is 27.2 Å². The first kappa shape index (κ1) is 16.3. The quantitative estimate of drug-likeness (QED) is 0.613. The van der Waals surface area contributed by atoms with Gasteiger partial charge in [0.25, 0.3) is 0 Å². The summed E-state index contributed by atoms with van der Waals surface area (Å²) in [5.41, 5.74) is -1.91. The van der Waals surface area contributed by atoms with Crippen molar-refractivity contribution in [2.75, 3.05) is 13.2 Å². The molecule has 0 radical (unpaired) electrons. The molecule has 0 amide bonds. The summed E-state index contributed by atoms with van der Waals surface area (Å²) in [6.45, 7) is 5.59. The molecule has 2 rings (SSSR count). The number of esters is 1. The Hall–Kier alpha value is -1.11. The third-order valence-corrected chi connectivity index (χ3v) is 4.67. The van der Waals surface area contributed by atoms with E-state index in [9.17, 15) is 20.1 Å². The van der Waals surface area contributed by atoms with Crippen LogP contribution in [0.5, 0.6) is 0 Å². The molecule has 1 unspecified atom stereocenters. The van der Waals surface area contributed by atoms with Gasteiger partial charge in [0.15, 0.2) is 5.60 Å². The van der Waals surface area contributed by atoms with Crippen LogP contribution in [0.25, 0.3) is 0 Å². The van der Waals surface area contributed by atoms with Crippen molar-refractivity contribution in [3.8, 4) is 0 Å². The molecule has 0 aliphatic carbocycles. The molecule has 0 aromatic rings. The lowest BCUT2D eigenvalue weighted by Crippen LogP contribution is -2.53. The van der Waals surface area contributed by atoms with Crippen molar-refractivity contribution in [1.29, 1.82) is 0 Å². The molecule has 120 valence electrons. The highest BCUT2D eigenvalue weighted by atomic mass is 16.6. The summed E-state index contributed by atoms with van der Waals surface area (Å²) >= 11 is 0. The lowest BCUT2D eigenvalue weighted by atomic mass is 9.85. The maximum absolute atomic E-state index is 12.1. The summed E-state index contributed by atoms with van der Waals surface area (Å²) in [5.74, 6) is -1.36. The molecule has 1 fully saturated rings. The molecule has 0 bridgehead atoms. The molecule has 1 saturated heterocycles. The van der Waals surface area contributed by atoms with Crippen molar-refractivity contribution in [3.05, 3.63) is 12.3 Å². The number of nitrogens with zero attached hydrogens (tertiary/aromatic N) is 1. The molecule has 6 heteroatoms. The number of aliphatic hydroxyl groups is 3. The zero-order valence-corrected chi connectivity index (χ0v) is 12.8. The average Bonchev–Trinajstić information content (AvgIpc) is 2.98. The number of aliphatic hydroxyl groups excluding tert-OH is 2. The van der Waals surface area contributed by atoms with Gasteiger partial charge in [0.05, 0.1) is 24.9 Å². The number of carbonyl (C=O) groups excluding carboxylic acids is 1. The smallest absolute Gasteiger partial charge is 0.341 e. The molecule has 21 heavy (non-hydrogen) atoms. The first-order valence-electron chi connectivity index (χ1n) is 7.48. The molecule has 2 aliphatic heterocycles. The van der Waals surface area contributed by atoms with Crippen molar-refractivity contribution in [2.24, 2.45) is 11.8 Å². The standard InChI is InChI=1S/C15H25NO5/c1-9(2)15(20,10(3)17)14(19)21-8-11-4-6-16-7-5-12(18)13(11)16/h4,6,9-13,17-18,20H,5,7-8H2,1-3H3/t10-,11?,12-,13-,15-/m1/s1. The van der Waals surface area contributed by atoms with Gasteiger partial charge in [0.2, 0.25) is 0 Å². The van der Waals surface area contributed by atoms with Crippen LogP contribution in [0.4, 0.5) is 0 Å². The van der Waals surface area contributed by atoms with Crippen LogP contribution < -0.4 is 0 Å². The van der Waals surface area contributed by atoms with E-state index < -0.39 is 29.7 Å². The van der Waals surface area contributed by atoms with Crippen molar-refractivity contribution in [3.63, 3.8) is 0 Å². The zero-order valence-electron chi connectivity index (χ0n) is 12.8. The largest absolute Gasteiger partial charge is 0.463 e. The summed E-state index contributed by atoms with van der Waals surface area (Å²) in [4.78, 5) is 14.2. The number of hydrogen-bond acceptors (Lipinski definition) is 6. The van der Waals surface area contributed by atoms with Crippen LogP contribution in [0.15, 0.2) is 12.3 Å². The minimum Gasteiger partial charge on any atom is -0.463 e. The van der Waals surface area contributed by atoms with Gasteiger partial charge in [0, 0.05) is 12.5 Å². The van der Waals surface area contributed by atoms with Gasteiger partial charge in [-0.2, -0.15) is 0 Å². The van der Waals surface area contributed by atoms with Crippen LogP contribution >= 0.6 is 0 Å². The van der Waals surface area contributed by atoms with E-state index in [2.05, 4.69) is 0 Å². The van der Waals surface area contributed by atoms with E-state index >= 15 is 0 Å². The Kier molecular flexibility index (Phi) is 4.60. The van der Waals surface area contributed by atoms with Crippen molar-refractivity contribution in [2.45, 2.75) is 51.0 Å². The van der Waals surface area contributed by atoms with E-state index in [0.29, 0.717) is 6.42 Å². The third kappa shape index (κ3) is 2.80. The minimum atomic E-state index is -1.91. The highest BCUT2D eigenvalue weighted by Crippen LogP contribution is 2.32. The maximum Gasteiger partial charge on any atom is 0.341 e. The second kappa shape index (κ2) is 5.94. The Bertz CT molecular complexity index is 412. The topological polar surface area (TPSA) is 90.2 Å². The van der Waals surface area contributed by atoms with Crippen molar-refractivity contribution in [1.82, 2.24) is 4.90 Å². The van der Waals surface area contributed by atoms with Crippen LogP contribution in [0.2, 0.25) is 0 Å². The van der Waals surface area contributed by atoms with Gasteiger partial charge in [-0.05, 0) is 25.5 Å². The second-order valence-corrected chi connectivity index (χ2v) is 6.34. The van der Waals surface area contributed by atoms with Gasteiger partial charge in [-0.15, -0.1) is 0 Å². The lowest BCUT2D eigenvalue weighted by Gasteiger charge is -2.33. The number of carbonyl (C=O) groups is 1. The summed E-state index contributed by atoms with van der Waals surface area (Å²) in [7, 11) is 0. The molecule has 0 aromatic heterocycles. The van der Waals surface area contributed by atoms with E-state index in [1.165, 1.54) is 6.92 Å². The second-order valence-electron chi connectivity index (χ2n) is 6.34. The fourth-order valence-electron chi connectivity index (χ4n) is 3.19. The predicted octanol–water partition coefficient (Wildman–Crippen LogP) is -0.124. The molecule has 6 nitrogen and oxygen atoms in total. The molecular formula is C15H25NO5. The summed E-state index contributed by atoms with van der Waals surface area (Å²) in [5, 5.41) is 30.0. The highest BCUT2D eigenvalue weighted by molar-refractivity contribution is 5.80. The molecule has 0 saturated carbocycles. The zero-order chi connectivity index (χ0) is 15.8. The van der Waals surface area contributed by atoms with Crippen LogP contribution in [0, 0.1) is 11.8 Å². The van der Waals surface area contributed by atoms with Gasteiger partial charge < -0.3 is 25.0 Å². The van der Waals surface area contributed by atoms with Crippen molar-refractivity contribution < 1.29 is 24.9 Å².